The summed E-state index contributed by atoms with van der Waals surface area (Å²) in [6, 6.07) is 8.89. The van der Waals surface area contributed by atoms with Gasteiger partial charge in [-0.2, -0.15) is 0 Å². The third-order valence-corrected chi connectivity index (χ3v) is 4.41. The molecule has 25 heavy (non-hydrogen) atoms. The van der Waals surface area contributed by atoms with Crippen LogP contribution in [0.3, 0.4) is 0 Å². The number of carbonyl (C=O) groups excluding carboxylic acids is 1. The summed E-state index contributed by atoms with van der Waals surface area (Å²) in [4.78, 5) is 18.0. The van der Waals surface area contributed by atoms with Gasteiger partial charge in [0, 0.05) is 32.7 Å². The first-order valence-electron chi connectivity index (χ1n) is 9.04. The van der Waals surface area contributed by atoms with E-state index in [-0.39, 0.29) is 11.8 Å². The summed E-state index contributed by atoms with van der Waals surface area (Å²) in [6.07, 6.45) is 1.95. The summed E-state index contributed by atoms with van der Waals surface area (Å²) in [7, 11) is 1.78. The Hall–Kier alpha value is -2.08. The smallest absolute Gasteiger partial charge is 0.221 e. The topological polar surface area (TPSA) is 82.8 Å². The summed E-state index contributed by atoms with van der Waals surface area (Å²) in [5, 5.41) is 6.62. The number of amides is 1. The number of nitrogens with two attached hydrogens (primary N) is 1. The van der Waals surface area contributed by atoms with E-state index >= 15 is 0 Å². The van der Waals surface area contributed by atoms with Crippen molar-refractivity contribution in [2.24, 2.45) is 16.6 Å². The Bertz CT molecular complexity index is 599. The third-order valence-electron chi connectivity index (χ3n) is 4.41. The van der Waals surface area contributed by atoms with E-state index in [1.54, 1.807) is 7.05 Å². The molecule has 1 aliphatic heterocycles. The van der Waals surface area contributed by atoms with Crippen LogP contribution in [0.4, 0.5) is 0 Å². The molecule has 0 bridgehead atoms. The molecule has 1 aromatic rings. The predicted octanol–water partition coefficient (Wildman–Crippen LogP) is 1.46. The van der Waals surface area contributed by atoms with E-state index in [4.69, 9.17) is 5.73 Å². The molecule has 1 heterocycles. The number of guanidine groups is 1. The van der Waals surface area contributed by atoms with Gasteiger partial charge in [-0.1, -0.05) is 24.3 Å². The van der Waals surface area contributed by atoms with Gasteiger partial charge in [-0.25, -0.2) is 0 Å². The Morgan fingerprint density at radius 3 is 2.84 bits per heavy atom. The Balaban J connectivity index is 1.91. The predicted molar refractivity (Wildman–Crippen MR) is 102 cm³/mol. The van der Waals surface area contributed by atoms with Gasteiger partial charge in [-0.3, -0.25) is 14.7 Å². The van der Waals surface area contributed by atoms with Crippen molar-refractivity contribution in [3.8, 4) is 0 Å². The number of likely N-dealkylation sites (tertiary alicyclic amines) is 1. The number of aliphatic imine (C=N–C) groups is 1. The van der Waals surface area contributed by atoms with Crippen LogP contribution in [0.5, 0.6) is 0 Å². The van der Waals surface area contributed by atoms with Gasteiger partial charge in [0.05, 0.1) is 5.92 Å². The molecule has 0 saturated carbocycles. The molecule has 1 aliphatic rings. The number of nitrogens with zero attached hydrogens (tertiary/aromatic N) is 2. The number of nitrogens with one attached hydrogen (secondary N) is 2. The van der Waals surface area contributed by atoms with E-state index < -0.39 is 0 Å². The van der Waals surface area contributed by atoms with Gasteiger partial charge < -0.3 is 16.4 Å². The minimum Gasteiger partial charge on any atom is -0.369 e. The highest BCUT2D eigenvalue weighted by Gasteiger charge is 2.23. The van der Waals surface area contributed by atoms with Crippen molar-refractivity contribution in [2.45, 2.75) is 45.8 Å². The van der Waals surface area contributed by atoms with Gasteiger partial charge in [0.1, 0.15) is 0 Å². The molecule has 1 atom stereocenters. The van der Waals surface area contributed by atoms with Crippen molar-refractivity contribution in [1.29, 1.82) is 0 Å². The van der Waals surface area contributed by atoms with Crippen molar-refractivity contribution in [2.75, 3.05) is 20.1 Å². The van der Waals surface area contributed by atoms with Gasteiger partial charge in [0.15, 0.2) is 5.96 Å². The van der Waals surface area contributed by atoms with Gasteiger partial charge >= 0.3 is 0 Å². The van der Waals surface area contributed by atoms with Crippen LogP contribution in [0.2, 0.25) is 0 Å². The fraction of sp³-hybridized carbons (Fsp3) is 0.579. The van der Waals surface area contributed by atoms with Crippen molar-refractivity contribution < 1.29 is 4.79 Å². The Morgan fingerprint density at radius 2 is 2.16 bits per heavy atom. The lowest BCUT2D eigenvalue weighted by molar-refractivity contribution is -0.123. The number of piperidine rings is 1. The zero-order valence-corrected chi connectivity index (χ0v) is 15.6. The Labute approximate surface area is 150 Å². The molecule has 1 unspecified atom stereocenters. The quantitative estimate of drug-likeness (QED) is 0.538. The lowest BCUT2D eigenvalue weighted by Gasteiger charge is -2.31. The first kappa shape index (κ1) is 19.2. The molecule has 0 spiro atoms. The van der Waals surface area contributed by atoms with Gasteiger partial charge in [-0.05, 0) is 44.4 Å². The van der Waals surface area contributed by atoms with E-state index in [9.17, 15) is 4.79 Å². The summed E-state index contributed by atoms with van der Waals surface area (Å²) >= 11 is 0. The second-order valence-corrected chi connectivity index (χ2v) is 7.02. The average molecular weight is 345 g/mol. The third kappa shape index (κ3) is 6.38. The van der Waals surface area contributed by atoms with Crippen LogP contribution in [-0.4, -0.2) is 42.9 Å². The molecule has 0 aromatic heterocycles. The first-order valence-corrected chi connectivity index (χ1v) is 9.04. The van der Waals surface area contributed by atoms with Crippen LogP contribution >= 0.6 is 0 Å². The number of hydrogen-bond donors (Lipinski definition) is 3. The fourth-order valence-electron chi connectivity index (χ4n) is 3.18. The lowest BCUT2D eigenvalue weighted by Crippen LogP contribution is -2.41. The minimum atomic E-state index is -0.174. The van der Waals surface area contributed by atoms with Gasteiger partial charge in [-0.15, -0.1) is 0 Å². The van der Waals surface area contributed by atoms with Crippen LogP contribution in [0.1, 0.15) is 37.8 Å². The molecular weight excluding hydrogens is 314 g/mol. The Kier molecular flexibility index (Phi) is 7.25. The molecule has 1 fully saturated rings. The normalized spacial score (nSPS) is 19.0. The minimum absolute atomic E-state index is 0.0102. The maximum Gasteiger partial charge on any atom is 0.221 e. The van der Waals surface area contributed by atoms with Crippen molar-refractivity contribution in [3.05, 3.63) is 35.4 Å². The van der Waals surface area contributed by atoms with Crippen LogP contribution in [0, 0.1) is 5.92 Å². The van der Waals surface area contributed by atoms with Crippen LogP contribution in [0.15, 0.2) is 29.3 Å². The molecule has 4 N–H and O–H groups in total. The molecule has 0 aliphatic carbocycles. The van der Waals surface area contributed by atoms with E-state index in [2.05, 4.69) is 58.6 Å². The zero-order chi connectivity index (χ0) is 18.2. The lowest BCUT2D eigenvalue weighted by atomic mass is 9.97. The maximum atomic E-state index is 11.4. The average Bonchev–Trinajstić information content (AvgIpc) is 2.59. The summed E-state index contributed by atoms with van der Waals surface area (Å²) in [5.74, 6) is 0.622. The van der Waals surface area contributed by atoms with Crippen LogP contribution in [-0.2, 0) is 17.9 Å². The molecule has 138 valence electrons. The SMILES string of the molecule is CN=C(NCc1cccc(CN2CCCC(C(N)=O)C2)c1)NC(C)C. The number of hydrogen-bond acceptors (Lipinski definition) is 3. The van der Waals surface area contributed by atoms with Crippen LogP contribution < -0.4 is 16.4 Å². The van der Waals surface area contributed by atoms with Crippen molar-refractivity contribution in [1.82, 2.24) is 15.5 Å². The van der Waals surface area contributed by atoms with Crippen LogP contribution in [0.25, 0.3) is 0 Å². The molecule has 6 nitrogen and oxygen atoms in total. The highest BCUT2D eigenvalue weighted by Crippen LogP contribution is 2.18. The largest absolute Gasteiger partial charge is 0.369 e. The second kappa shape index (κ2) is 9.42. The molecule has 1 aromatic carbocycles. The van der Waals surface area contributed by atoms with Crippen molar-refractivity contribution in [3.63, 3.8) is 0 Å². The summed E-state index contributed by atoms with van der Waals surface area (Å²) in [6.45, 7) is 7.55. The van der Waals surface area contributed by atoms with Gasteiger partial charge in [0.2, 0.25) is 5.91 Å². The zero-order valence-electron chi connectivity index (χ0n) is 15.6. The summed E-state index contributed by atoms with van der Waals surface area (Å²) in [5.41, 5.74) is 7.95. The maximum absolute atomic E-state index is 11.4. The molecule has 1 saturated heterocycles. The Morgan fingerprint density at radius 1 is 1.40 bits per heavy atom. The van der Waals surface area contributed by atoms with E-state index in [0.29, 0.717) is 6.04 Å². The molecular formula is C19H31N5O. The van der Waals surface area contributed by atoms with Crippen molar-refractivity contribution >= 4 is 11.9 Å². The number of primary amides is 1. The molecule has 1 amide bonds. The number of carbonyl (C=O) groups is 1. The highest BCUT2D eigenvalue weighted by molar-refractivity contribution is 5.79. The highest BCUT2D eigenvalue weighted by atomic mass is 16.1. The first-order chi connectivity index (χ1) is 12.0. The standard InChI is InChI=1S/C19H31N5O/c1-14(2)23-19(21-3)22-11-15-6-4-7-16(10-15)12-24-9-5-8-17(13-24)18(20)25/h4,6-7,10,14,17H,5,8-9,11-13H2,1-3H3,(H2,20,25)(H2,21,22,23). The van der Waals surface area contributed by atoms with E-state index in [1.165, 1.54) is 11.1 Å². The second-order valence-electron chi connectivity index (χ2n) is 7.02. The number of benzene rings is 1. The monoisotopic (exact) mass is 345 g/mol. The molecule has 6 heteroatoms. The van der Waals surface area contributed by atoms with E-state index in [1.807, 2.05) is 0 Å². The number of rotatable bonds is 6. The van der Waals surface area contributed by atoms with Gasteiger partial charge in [0.25, 0.3) is 0 Å². The molecule has 2 rings (SSSR count). The molecule has 0 radical (unpaired) electrons. The van der Waals surface area contributed by atoms with E-state index in [0.717, 1.165) is 45.0 Å². The summed E-state index contributed by atoms with van der Waals surface area (Å²) < 4.78 is 0. The fourth-order valence-corrected chi connectivity index (χ4v) is 3.18.